The molecule has 0 radical (unpaired) electrons. The second-order valence-corrected chi connectivity index (χ2v) is 0.945. The SMILES string of the molecule is C=CC(=O)O.C=CN=C=O. The number of hydrogen-bond donors (Lipinski definition) is 1. The first-order chi connectivity index (χ1) is 4.68. The summed E-state index contributed by atoms with van der Waals surface area (Å²) in [6.45, 7) is 6.08. The van der Waals surface area contributed by atoms with Crippen molar-refractivity contribution >= 4 is 12.0 Å². The van der Waals surface area contributed by atoms with E-state index in [0.29, 0.717) is 0 Å². The van der Waals surface area contributed by atoms with Gasteiger partial charge >= 0.3 is 5.97 Å². The van der Waals surface area contributed by atoms with Crippen LogP contribution in [0.15, 0.2) is 30.4 Å². The monoisotopic (exact) mass is 141 g/mol. The Morgan fingerprint density at radius 2 is 2.00 bits per heavy atom. The van der Waals surface area contributed by atoms with Gasteiger partial charge in [0.25, 0.3) is 0 Å². The first-order valence-electron chi connectivity index (χ1n) is 2.22. The van der Waals surface area contributed by atoms with Crippen LogP contribution < -0.4 is 0 Å². The zero-order valence-corrected chi connectivity index (χ0v) is 5.28. The van der Waals surface area contributed by atoms with E-state index >= 15 is 0 Å². The van der Waals surface area contributed by atoms with Crippen molar-refractivity contribution in [3.05, 3.63) is 25.4 Å². The first kappa shape index (κ1) is 11.2. The third-order valence-corrected chi connectivity index (χ3v) is 0.319. The van der Waals surface area contributed by atoms with Crippen molar-refractivity contribution in [2.45, 2.75) is 0 Å². The number of carbonyl (C=O) groups is 1. The Bertz CT molecular complexity index is 162. The summed E-state index contributed by atoms with van der Waals surface area (Å²) in [5.74, 6) is -0.981. The van der Waals surface area contributed by atoms with E-state index in [1.807, 2.05) is 0 Å². The Balaban J connectivity index is 0. The van der Waals surface area contributed by atoms with Gasteiger partial charge in [0.05, 0.1) is 0 Å². The maximum absolute atomic E-state index is 9.25. The Hall–Kier alpha value is -1.67. The zero-order valence-electron chi connectivity index (χ0n) is 5.28. The van der Waals surface area contributed by atoms with E-state index in [0.717, 1.165) is 12.3 Å². The van der Waals surface area contributed by atoms with Crippen LogP contribution in [0.3, 0.4) is 0 Å². The molecule has 0 aliphatic heterocycles. The molecule has 4 heteroatoms. The van der Waals surface area contributed by atoms with Gasteiger partial charge in [-0.3, -0.25) is 0 Å². The fourth-order valence-corrected chi connectivity index (χ4v) is 0.0373. The highest BCUT2D eigenvalue weighted by atomic mass is 16.4. The van der Waals surface area contributed by atoms with E-state index in [2.05, 4.69) is 18.2 Å². The van der Waals surface area contributed by atoms with Crippen LogP contribution in [0.1, 0.15) is 0 Å². The van der Waals surface area contributed by atoms with Gasteiger partial charge in [0.2, 0.25) is 6.08 Å². The van der Waals surface area contributed by atoms with Gasteiger partial charge in [-0.2, -0.15) is 4.99 Å². The fourth-order valence-electron chi connectivity index (χ4n) is 0.0373. The Kier molecular flexibility index (Phi) is 11.5. The van der Waals surface area contributed by atoms with Crippen molar-refractivity contribution in [2.24, 2.45) is 4.99 Å². The molecular formula is C6H7NO3. The molecule has 0 atom stereocenters. The van der Waals surface area contributed by atoms with Crippen LogP contribution in [0, 0.1) is 0 Å². The Morgan fingerprint density at radius 1 is 1.60 bits per heavy atom. The number of aliphatic carboxylic acids is 1. The highest BCUT2D eigenvalue weighted by Gasteiger charge is 1.73. The molecule has 0 aliphatic carbocycles. The lowest BCUT2D eigenvalue weighted by atomic mass is 10.7. The number of carboxylic acids is 1. The lowest BCUT2D eigenvalue weighted by molar-refractivity contribution is -0.131. The molecule has 0 aromatic rings. The smallest absolute Gasteiger partial charge is 0.327 e. The van der Waals surface area contributed by atoms with Crippen molar-refractivity contribution < 1.29 is 14.7 Å². The number of hydrogen-bond acceptors (Lipinski definition) is 3. The highest BCUT2D eigenvalue weighted by Crippen LogP contribution is 1.54. The first-order valence-corrected chi connectivity index (χ1v) is 2.22. The largest absolute Gasteiger partial charge is 0.478 e. The molecule has 0 fully saturated rings. The fraction of sp³-hybridized carbons (Fsp3) is 0. The topological polar surface area (TPSA) is 66.7 Å². The maximum atomic E-state index is 9.25. The molecule has 0 spiro atoms. The minimum atomic E-state index is -0.981. The molecule has 54 valence electrons. The van der Waals surface area contributed by atoms with Crippen LogP contribution in [0.2, 0.25) is 0 Å². The Morgan fingerprint density at radius 3 is 2.00 bits per heavy atom. The molecule has 1 N–H and O–H groups in total. The number of isocyanates is 1. The molecular weight excluding hydrogens is 134 g/mol. The van der Waals surface area contributed by atoms with Crippen LogP contribution >= 0.6 is 0 Å². The van der Waals surface area contributed by atoms with Gasteiger partial charge in [0.15, 0.2) is 0 Å². The molecule has 0 bridgehead atoms. The molecule has 0 aromatic heterocycles. The van der Waals surface area contributed by atoms with Gasteiger partial charge in [0.1, 0.15) is 0 Å². The molecule has 0 saturated carbocycles. The number of carboxylic acid groups (broad SMARTS) is 1. The maximum Gasteiger partial charge on any atom is 0.327 e. The molecule has 0 amide bonds. The molecule has 10 heavy (non-hydrogen) atoms. The molecule has 0 heterocycles. The van der Waals surface area contributed by atoms with Gasteiger partial charge in [-0.25, -0.2) is 9.59 Å². The van der Waals surface area contributed by atoms with Gasteiger partial charge in [-0.1, -0.05) is 13.2 Å². The van der Waals surface area contributed by atoms with Gasteiger partial charge in [-0.15, -0.1) is 0 Å². The number of nitrogens with zero attached hydrogens (tertiary/aromatic N) is 1. The lowest BCUT2D eigenvalue weighted by Gasteiger charge is -1.64. The molecule has 4 nitrogen and oxygen atoms in total. The normalized spacial score (nSPS) is 5.60. The second kappa shape index (κ2) is 10.3. The minimum absolute atomic E-state index is 0.833. The molecule has 0 rings (SSSR count). The number of rotatable bonds is 2. The van der Waals surface area contributed by atoms with Crippen molar-refractivity contribution in [1.29, 1.82) is 0 Å². The summed E-state index contributed by atoms with van der Waals surface area (Å²) >= 11 is 0. The summed E-state index contributed by atoms with van der Waals surface area (Å²) in [4.78, 5) is 21.2. The van der Waals surface area contributed by atoms with Crippen molar-refractivity contribution in [3.8, 4) is 0 Å². The minimum Gasteiger partial charge on any atom is -0.478 e. The van der Waals surface area contributed by atoms with Crippen molar-refractivity contribution in [3.63, 3.8) is 0 Å². The van der Waals surface area contributed by atoms with E-state index in [1.165, 1.54) is 6.08 Å². The average molecular weight is 141 g/mol. The Labute approximate surface area is 58.2 Å². The van der Waals surface area contributed by atoms with Crippen molar-refractivity contribution in [1.82, 2.24) is 0 Å². The van der Waals surface area contributed by atoms with Gasteiger partial charge in [-0.05, 0) is 0 Å². The van der Waals surface area contributed by atoms with Crippen LogP contribution in [-0.4, -0.2) is 17.2 Å². The average Bonchev–Trinajstić information content (AvgIpc) is 1.91. The van der Waals surface area contributed by atoms with E-state index in [-0.39, 0.29) is 0 Å². The molecule has 0 unspecified atom stereocenters. The van der Waals surface area contributed by atoms with E-state index in [9.17, 15) is 4.79 Å². The lowest BCUT2D eigenvalue weighted by Crippen LogP contribution is -1.82. The van der Waals surface area contributed by atoms with Crippen LogP contribution in [-0.2, 0) is 9.59 Å². The van der Waals surface area contributed by atoms with E-state index in [4.69, 9.17) is 9.90 Å². The van der Waals surface area contributed by atoms with E-state index < -0.39 is 5.97 Å². The molecule has 0 saturated heterocycles. The highest BCUT2D eigenvalue weighted by molar-refractivity contribution is 5.78. The van der Waals surface area contributed by atoms with Gasteiger partial charge in [0, 0.05) is 12.3 Å². The molecule has 0 aliphatic rings. The van der Waals surface area contributed by atoms with Gasteiger partial charge < -0.3 is 5.11 Å². The second-order valence-electron chi connectivity index (χ2n) is 0.945. The standard InChI is InChI=1S/C3H3NO.C3H4O2/c1-2-4-3-5;1-2-3(4)5/h2H,1H2;2H,1H2,(H,4,5). The summed E-state index contributed by atoms with van der Waals surface area (Å²) in [5.41, 5.74) is 0. The zero-order chi connectivity index (χ0) is 8.41. The van der Waals surface area contributed by atoms with Crippen molar-refractivity contribution in [2.75, 3.05) is 0 Å². The third-order valence-electron chi connectivity index (χ3n) is 0.319. The van der Waals surface area contributed by atoms with Crippen LogP contribution in [0.4, 0.5) is 0 Å². The predicted molar refractivity (Wildman–Crippen MR) is 36.2 cm³/mol. The predicted octanol–water partition coefficient (Wildman–Crippen LogP) is 0.723. The number of carbonyl (C=O) groups excluding carboxylic acids is 1. The van der Waals surface area contributed by atoms with Crippen LogP contribution in [0.25, 0.3) is 0 Å². The number of aliphatic imine (C=N–C) groups is 1. The third kappa shape index (κ3) is 33.1. The summed E-state index contributed by atoms with van der Waals surface area (Å²) in [5, 5.41) is 7.60. The summed E-state index contributed by atoms with van der Waals surface area (Å²) in [6.07, 6.45) is 3.24. The molecule has 0 aromatic carbocycles. The summed E-state index contributed by atoms with van der Waals surface area (Å²) in [7, 11) is 0. The van der Waals surface area contributed by atoms with E-state index in [1.54, 1.807) is 0 Å². The summed E-state index contributed by atoms with van der Waals surface area (Å²) < 4.78 is 0. The summed E-state index contributed by atoms with van der Waals surface area (Å²) in [6, 6.07) is 0. The van der Waals surface area contributed by atoms with Crippen LogP contribution in [0.5, 0.6) is 0 Å². The quantitative estimate of drug-likeness (QED) is 0.350.